The highest BCUT2D eigenvalue weighted by Gasteiger charge is 2.12. The fraction of sp³-hybridized carbons (Fsp3) is 0.0769. The molecule has 0 spiro atoms. The summed E-state index contributed by atoms with van der Waals surface area (Å²) in [5, 5.41) is 11.6. The van der Waals surface area contributed by atoms with Crippen LogP contribution in [0.4, 0.5) is 5.69 Å². The first-order valence-electron chi connectivity index (χ1n) is 5.38. The number of halogens is 2. The van der Waals surface area contributed by atoms with Crippen LogP contribution in [0.25, 0.3) is 0 Å². The molecule has 0 aromatic heterocycles. The zero-order chi connectivity index (χ0) is 13.8. The van der Waals surface area contributed by atoms with Gasteiger partial charge in [0.05, 0.1) is 9.95 Å². The monoisotopic (exact) mass is 313 g/mol. The maximum absolute atomic E-state index is 10.8. The van der Waals surface area contributed by atoms with Gasteiger partial charge >= 0.3 is 0 Å². The predicted octanol–water partition coefficient (Wildman–Crippen LogP) is 5.19. The molecular weight excluding hydrogens is 305 g/mol. The minimum Gasteiger partial charge on any atom is -0.258 e. The molecule has 0 N–H and O–H groups in total. The van der Waals surface area contributed by atoms with E-state index in [0.29, 0.717) is 10.8 Å². The molecule has 2 aromatic carbocycles. The van der Waals surface area contributed by atoms with E-state index in [9.17, 15) is 10.1 Å². The Labute approximate surface area is 124 Å². The summed E-state index contributed by atoms with van der Waals surface area (Å²) in [6.07, 6.45) is 0. The second kappa shape index (κ2) is 6.28. The van der Waals surface area contributed by atoms with Gasteiger partial charge in [-0.05, 0) is 23.8 Å². The van der Waals surface area contributed by atoms with Crippen molar-refractivity contribution in [3.63, 3.8) is 0 Å². The molecule has 0 saturated carbocycles. The number of nitrogens with zero attached hydrogens (tertiary/aromatic N) is 1. The Morgan fingerprint density at radius 2 is 1.84 bits per heavy atom. The van der Waals surface area contributed by atoms with Gasteiger partial charge in [0.15, 0.2) is 0 Å². The van der Waals surface area contributed by atoms with Crippen molar-refractivity contribution in [2.45, 2.75) is 10.6 Å². The Bertz CT molecular complexity index is 619. The first-order valence-corrected chi connectivity index (χ1v) is 7.12. The van der Waals surface area contributed by atoms with Gasteiger partial charge in [0.1, 0.15) is 5.02 Å². The summed E-state index contributed by atoms with van der Waals surface area (Å²) in [5.41, 5.74) is 0.764. The quantitative estimate of drug-likeness (QED) is 0.443. The van der Waals surface area contributed by atoms with Gasteiger partial charge < -0.3 is 0 Å². The standard InChI is InChI=1S/C13H9Cl2NO2S/c14-10-6-5-9(7-12(10)16(17)18)8-19-13-4-2-1-3-11(13)15/h1-7H,8H2. The van der Waals surface area contributed by atoms with E-state index in [1.165, 1.54) is 17.8 Å². The molecule has 0 bridgehead atoms. The van der Waals surface area contributed by atoms with Gasteiger partial charge in [-0.15, -0.1) is 11.8 Å². The SMILES string of the molecule is O=[N+]([O-])c1cc(CSc2ccccc2Cl)ccc1Cl. The average molecular weight is 314 g/mol. The van der Waals surface area contributed by atoms with Crippen LogP contribution in [0.1, 0.15) is 5.56 Å². The van der Waals surface area contributed by atoms with Crippen molar-refractivity contribution >= 4 is 40.7 Å². The van der Waals surface area contributed by atoms with Crippen molar-refractivity contribution in [1.82, 2.24) is 0 Å². The van der Waals surface area contributed by atoms with Crippen molar-refractivity contribution in [2.24, 2.45) is 0 Å². The van der Waals surface area contributed by atoms with Crippen LogP contribution in [0, 0.1) is 10.1 Å². The molecule has 0 aliphatic rings. The van der Waals surface area contributed by atoms with E-state index in [0.717, 1.165) is 10.5 Å². The van der Waals surface area contributed by atoms with E-state index >= 15 is 0 Å². The van der Waals surface area contributed by atoms with Crippen LogP contribution in [0.2, 0.25) is 10.0 Å². The summed E-state index contributed by atoms with van der Waals surface area (Å²) < 4.78 is 0. The maximum atomic E-state index is 10.8. The summed E-state index contributed by atoms with van der Waals surface area (Å²) in [6, 6.07) is 12.3. The van der Waals surface area contributed by atoms with Gasteiger partial charge in [0.25, 0.3) is 5.69 Å². The van der Waals surface area contributed by atoms with Crippen molar-refractivity contribution < 1.29 is 4.92 Å². The van der Waals surface area contributed by atoms with Crippen molar-refractivity contribution in [1.29, 1.82) is 0 Å². The molecular formula is C13H9Cl2NO2S. The van der Waals surface area contributed by atoms with Crippen LogP contribution in [0.3, 0.4) is 0 Å². The Balaban J connectivity index is 2.14. The zero-order valence-electron chi connectivity index (χ0n) is 9.68. The lowest BCUT2D eigenvalue weighted by atomic mass is 10.2. The summed E-state index contributed by atoms with van der Waals surface area (Å²) >= 11 is 13.3. The Hall–Kier alpha value is -1.23. The van der Waals surface area contributed by atoms with Crippen LogP contribution in [0.15, 0.2) is 47.4 Å². The van der Waals surface area contributed by atoms with Crippen molar-refractivity contribution in [2.75, 3.05) is 0 Å². The molecule has 2 aromatic rings. The third-order valence-corrected chi connectivity index (χ3v) is 4.34. The number of thioether (sulfide) groups is 1. The van der Waals surface area contributed by atoms with E-state index in [4.69, 9.17) is 23.2 Å². The van der Waals surface area contributed by atoms with Gasteiger partial charge in [-0.2, -0.15) is 0 Å². The molecule has 98 valence electrons. The molecule has 0 atom stereocenters. The van der Waals surface area contributed by atoms with E-state index in [1.807, 2.05) is 24.3 Å². The van der Waals surface area contributed by atoms with Gasteiger partial charge in [0.2, 0.25) is 0 Å². The molecule has 6 heteroatoms. The van der Waals surface area contributed by atoms with Crippen molar-refractivity contribution in [3.8, 4) is 0 Å². The normalized spacial score (nSPS) is 10.4. The van der Waals surface area contributed by atoms with Gasteiger partial charge in [-0.1, -0.05) is 41.4 Å². The topological polar surface area (TPSA) is 43.1 Å². The Morgan fingerprint density at radius 3 is 2.53 bits per heavy atom. The second-order valence-electron chi connectivity index (χ2n) is 3.76. The molecule has 0 amide bonds. The molecule has 0 radical (unpaired) electrons. The predicted molar refractivity (Wildman–Crippen MR) is 79.1 cm³/mol. The fourth-order valence-corrected chi connectivity index (χ4v) is 2.88. The molecule has 19 heavy (non-hydrogen) atoms. The number of hydrogen-bond donors (Lipinski definition) is 0. The number of nitro benzene ring substituents is 1. The molecule has 2 rings (SSSR count). The zero-order valence-corrected chi connectivity index (χ0v) is 12.0. The second-order valence-corrected chi connectivity index (χ2v) is 5.59. The number of nitro groups is 1. The molecule has 0 fully saturated rings. The highest BCUT2D eigenvalue weighted by Crippen LogP contribution is 2.32. The number of rotatable bonds is 4. The minimum absolute atomic E-state index is 0.0704. The van der Waals surface area contributed by atoms with E-state index in [1.54, 1.807) is 12.1 Å². The largest absolute Gasteiger partial charge is 0.288 e. The first kappa shape index (κ1) is 14.2. The number of hydrogen-bond acceptors (Lipinski definition) is 3. The lowest BCUT2D eigenvalue weighted by Crippen LogP contribution is -1.91. The molecule has 0 aliphatic heterocycles. The average Bonchev–Trinajstić information content (AvgIpc) is 2.39. The molecule has 3 nitrogen and oxygen atoms in total. The molecule has 0 saturated heterocycles. The molecule has 0 aliphatic carbocycles. The fourth-order valence-electron chi connectivity index (χ4n) is 1.51. The molecule has 0 heterocycles. The first-order chi connectivity index (χ1) is 9.08. The minimum atomic E-state index is -0.480. The lowest BCUT2D eigenvalue weighted by molar-refractivity contribution is -0.384. The van der Waals surface area contributed by atoms with Gasteiger partial charge in [-0.25, -0.2) is 0 Å². The number of benzene rings is 2. The van der Waals surface area contributed by atoms with Crippen molar-refractivity contribution in [3.05, 3.63) is 68.2 Å². The van der Waals surface area contributed by atoms with Gasteiger partial charge in [-0.3, -0.25) is 10.1 Å². The van der Waals surface area contributed by atoms with E-state index in [2.05, 4.69) is 0 Å². The van der Waals surface area contributed by atoms with Gasteiger partial charge in [0, 0.05) is 16.7 Å². The van der Waals surface area contributed by atoms with Crippen LogP contribution in [-0.2, 0) is 5.75 Å². The smallest absolute Gasteiger partial charge is 0.258 e. The van der Waals surface area contributed by atoms with Crippen LogP contribution in [-0.4, -0.2) is 4.92 Å². The summed E-state index contributed by atoms with van der Waals surface area (Å²) in [6.45, 7) is 0. The summed E-state index contributed by atoms with van der Waals surface area (Å²) in [7, 11) is 0. The van der Waals surface area contributed by atoms with E-state index in [-0.39, 0.29) is 10.7 Å². The Kier molecular flexibility index (Phi) is 4.69. The highest BCUT2D eigenvalue weighted by molar-refractivity contribution is 7.98. The summed E-state index contributed by atoms with van der Waals surface area (Å²) in [4.78, 5) is 11.3. The molecule has 0 unspecified atom stereocenters. The highest BCUT2D eigenvalue weighted by atomic mass is 35.5. The third-order valence-electron chi connectivity index (χ3n) is 2.44. The summed E-state index contributed by atoms with van der Waals surface area (Å²) in [5.74, 6) is 0.599. The Morgan fingerprint density at radius 1 is 1.11 bits per heavy atom. The third kappa shape index (κ3) is 3.62. The van der Waals surface area contributed by atoms with Crippen LogP contribution in [0.5, 0.6) is 0 Å². The maximum Gasteiger partial charge on any atom is 0.288 e. The lowest BCUT2D eigenvalue weighted by Gasteiger charge is -2.04. The van der Waals surface area contributed by atoms with Crippen LogP contribution >= 0.6 is 35.0 Å². The van der Waals surface area contributed by atoms with E-state index < -0.39 is 4.92 Å². The van der Waals surface area contributed by atoms with Crippen LogP contribution < -0.4 is 0 Å².